The molecule has 1 unspecified atom stereocenters. The Kier molecular flexibility index (Phi) is 18.0. The fraction of sp³-hybridized carbons (Fsp3) is 0.474. The molecule has 6 aromatic rings. The van der Waals surface area contributed by atoms with Gasteiger partial charge in [-0.2, -0.15) is 0 Å². The number of thiazole rings is 1. The maximum atomic E-state index is 15.6. The topological polar surface area (TPSA) is 232 Å². The predicted octanol–water partition coefficient (Wildman–Crippen LogP) is 8.30. The monoisotopic (exact) mass is 1110 g/mol. The normalized spacial score (nSPS) is 16.7. The van der Waals surface area contributed by atoms with Gasteiger partial charge < -0.3 is 40.2 Å². The number of sulfone groups is 1. The number of β-amino-alcohol motifs (C(OH)–C–C–N with tert-alkyl or cyclic N) is 1. The minimum atomic E-state index is -3.63. The van der Waals surface area contributed by atoms with E-state index in [4.69, 9.17) is 0 Å². The number of aromatic amines is 1. The van der Waals surface area contributed by atoms with Crippen molar-refractivity contribution in [2.45, 2.75) is 142 Å². The first-order chi connectivity index (χ1) is 37.0. The van der Waals surface area contributed by atoms with Crippen LogP contribution in [0.3, 0.4) is 0 Å². The highest BCUT2D eigenvalue weighted by molar-refractivity contribution is 7.89. The Bertz CT molecular complexity index is 3340. The van der Waals surface area contributed by atoms with Gasteiger partial charge in [0.2, 0.25) is 17.7 Å². The van der Waals surface area contributed by atoms with Gasteiger partial charge in [0, 0.05) is 73.2 Å². The SMILES string of the molecule is Cc1ncsc1-c1ccc([C@H](C)NC(=O)[C@@H]2C[C@@H](O)CN2C(=O)[C@@H](NC(=O)CCCCCCCCCCNC(O)c2cc3c(cc2CS(C)(=O)=O)-c2cn(C)c(=O)c4[nH]cc(c24)CN3c2ncc(F)cc2F)C(C)(C)C)cc1. The van der Waals surface area contributed by atoms with Crippen LogP contribution in [0.5, 0.6) is 0 Å². The van der Waals surface area contributed by atoms with Crippen molar-refractivity contribution in [2.75, 3.05) is 24.2 Å². The van der Waals surface area contributed by atoms with Gasteiger partial charge in [-0.25, -0.2) is 27.2 Å². The van der Waals surface area contributed by atoms with Crippen molar-refractivity contribution < 1.29 is 41.8 Å². The van der Waals surface area contributed by atoms with Crippen LogP contribution in [0.1, 0.15) is 132 Å². The van der Waals surface area contributed by atoms with Gasteiger partial charge in [0.25, 0.3) is 5.56 Å². The molecule has 0 spiro atoms. The van der Waals surface area contributed by atoms with E-state index in [1.807, 2.05) is 64.4 Å². The van der Waals surface area contributed by atoms with E-state index in [9.17, 15) is 42.2 Å². The minimum absolute atomic E-state index is 0.0129. The number of nitrogens with zero attached hydrogens (tertiary/aromatic N) is 5. The third-order valence-electron chi connectivity index (χ3n) is 14.7. The third kappa shape index (κ3) is 13.4. The van der Waals surface area contributed by atoms with Crippen LogP contribution in [0.4, 0.5) is 20.3 Å². The molecule has 0 bridgehead atoms. The van der Waals surface area contributed by atoms with Gasteiger partial charge >= 0.3 is 0 Å². The quantitative estimate of drug-likeness (QED) is 0.0279. The molecule has 6 heterocycles. The van der Waals surface area contributed by atoms with Gasteiger partial charge in [-0.15, -0.1) is 11.3 Å². The first kappa shape index (κ1) is 57.8. The summed E-state index contributed by atoms with van der Waals surface area (Å²) < 4.78 is 56.8. The average molecular weight is 1110 g/mol. The van der Waals surface area contributed by atoms with Crippen LogP contribution in [0, 0.1) is 24.0 Å². The van der Waals surface area contributed by atoms with E-state index >= 15 is 4.39 Å². The molecular weight excluding hydrogens is 1040 g/mol. The summed E-state index contributed by atoms with van der Waals surface area (Å²) in [5.41, 5.74) is 6.70. The summed E-state index contributed by atoms with van der Waals surface area (Å²) in [7, 11) is -2.03. The number of pyridine rings is 2. The van der Waals surface area contributed by atoms with E-state index in [1.54, 1.807) is 42.9 Å². The van der Waals surface area contributed by atoms with Crippen LogP contribution in [-0.2, 0) is 43.6 Å². The smallest absolute Gasteiger partial charge is 0.274 e. The van der Waals surface area contributed by atoms with Crippen LogP contribution in [-0.4, -0.2) is 98.3 Å². The number of H-pyrrole nitrogens is 1. The number of rotatable bonds is 22. The fourth-order valence-electron chi connectivity index (χ4n) is 10.6. The molecule has 2 aliphatic heterocycles. The van der Waals surface area contributed by atoms with Crippen molar-refractivity contribution in [2.24, 2.45) is 12.5 Å². The number of benzene rings is 2. The number of carbonyl (C=O) groups is 3. The van der Waals surface area contributed by atoms with Crippen LogP contribution < -0.4 is 26.4 Å². The number of amides is 3. The van der Waals surface area contributed by atoms with E-state index in [1.165, 1.54) is 14.4 Å². The molecule has 78 heavy (non-hydrogen) atoms. The molecule has 5 atom stereocenters. The van der Waals surface area contributed by atoms with E-state index in [-0.39, 0.29) is 60.7 Å². The Balaban J connectivity index is 0.799. The first-order valence-electron chi connectivity index (χ1n) is 26.6. The van der Waals surface area contributed by atoms with Gasteiger partial charge in [0.15, 0.2) is 21.5 Å². The molecule has 1 fully saturated rings. The van der Waals surface area contributed by atoms with Crippen LogP contribution in [0.25, 0.3) is 32.5 Å². The number of aliphatic hydroxyl groups is 2. The molecule has 0 radical (unpaired) electrons. The molecule has 1 saturated heterocycles. The molecule has 0 saturated carbocycles. The number of anilines is 2. The zero-order valence-electron chi connectivity index (χ0n) is 45.3. The third-order valence-corrected chi connectivity index (χ3v) is 16.6. The molecule has 21 heteroatoms. The highest BCUT2D eigenvalue weighted by Crippen LogP contribution is 2.46. The number of unbranched alkanes of at least 4 members (excludes halogenated alkanes) is 7. The number of aromatic nitrogens is 4. The number of aryl methyl sites for hydroxylation is 2. The van der Waals surface area contributed by atoms with Crippen molar-refractivity contribution >= 4 is 61.3 Å². The molecule has 418 valence electrons. The summed E-state index contributed by atoms with van der Waals surface area (Å²) in [6.45, 7) is 9.85. The standard InChI is InChI=1S/C57H71F2N9O8S2/c1-33(35-17-19-36(20-18-35)50-34(2)63-32-77-50)64-54(72)46-24-40(69)29-68(46)56(74)51(57(3,4)5)65-47(70)16-14-12-10-8-9-11-13-15-21-60-53(71)41-25-45-42(22-37(41)31-78(7,75)76)43-30-66(6)55(73)49-48(43)38(26-61-49)28-67(45)52-44(59)23-39(58)27-62-52/h17-20,22-23,25-27,30,32-33,40,46,51,53,60-61,69,71H,8-16,21,24,28-29,31H2,1-7H3,(H,64,72)(H,65,70)/t33-,40+,46-,51+,53?/m0/s1. The number of nitrogens with one attached hydrogen (secondary N) is 4. The van der Waals surface area contributed by atoms with Crippen LogP contribution in [0.2, 0.25) is 0 Å². The minimum Gasteiger partial charge on any atom is -0.391 e. The summed E-state index contributed by atoms with van der Waals surface area (Å²) in [5, 5.41) is 32.0. The molecular formula is C57H71F2N9O8S2. The molecule has 6 N–H and O–H groups in total. The molecule has 3 amide bonds. The molecule has 0 aliphatic carbocycles. The number of hydrogen-bond donors (Lipinski definition) is 6. The lowest BCUT2D eigenvalue weighted by Gasteiger charge is -2.35. The second-order valence-corrected chi connectivity index (χ2v) is 25.0. The van der Waals surface area contributed by atoms with Gasteiger partial charge in [-0.3, -0.25) is 24.5 Å². The summed E-state index contributed by atoms with van der Waals surface area (Å²) in [5.74, 6) is -3.42. The van der Waals surface area contributed by atoms with Gasteiger partial charge in [-0.1, -0.05) is 83.6 Å². The lowest BCUT2D eigenvalue weighted by atomic mass is 9.85. The second-order valence-electron chi connectivity index (χ2n) is 22.0. The summed E-state index contributed by atoms with van der Waals surface area (Å²) in [6, 6.07) is 9.74. The molecule has 2 aromatic carbocycles. The Labute approximate surface area is 457 Å². The van der Waals surface area contributed by atoms with E-state index in [0.717, 1.165) is 78.7 Å². The summed E-state index contributed by atoms with van der Waals surface area (Å²) in [4.78, 5) is 69.9. The second kappa shape index (κ2) is 24.3. The predicted molar refractivity (Wildman–Crippen MR) is 298 cm³/mol. The highest BCUT2D eigenvalue weighted by Gasteiger charge is 2.45. The van der Waals surface area contributed by atoms with E-state index in [0.29, 0.717) is 58.2 Å². The zero-order chi connectivity index (χ0) is 56.2. The Morgan fingerprint density at radius 3 is 2.31 bits per heavy atom. The van der Waals surface area contributed by atoms with Gasteiger partial charge in [-0.05, 0) is 73.0 Å². The Morgan fingerprint density at radius 1 is 0.962 bits per heavy atom. The largest absolute Gasteiger partial charge is 0.391 e. The van der Waals surface area contributed by atoms with Crippen molar-refractivity contribution in [1.82, 2.24) is 40.4 Å². The number of aliphatic hydroxyl groups excluding tert-OH is 2. The van der Waals surface area contributed by atoms with Crippen molar-refractivity contribution in [3.05, 3.63) is 117 Å². The Morgan fingerprint density at radius 2 is 1.65 bits per heavy atom. The van der Waals surface area contributed by atoms with E-state index < -0.39 is 63.0 Å². The van der Waals surface area contributed by atoms with Crippen molar-refractivity contribution in [3.8, 4) is 21.6 Å². The van der Waals surface area contributed by atoms with Crippen LogP contribution in [0.15, 0.2) is 71.4 Å². The number of fused-ring (bicyclic) bond motifs is 2. The number of likely N-dealkylation sites (tertiary alicyclic amines) is 1. The number of carbonyl (C=O) groups excluding carboxylic acids is 3. The van der Waals surface area contributed by atoms with Gasteiger partial charge in [0.05, 0.1) is 52.4 Å². The summed E-state index contributed by atoms with van der Waals surface area (Å²) in [6.07, 6.45) is 10.2. The zero-order valence-corrected chi connectivity index (χ0v) is 46.9. The van der Waals surface area contributed by atoms with Crippen molar-refractivity contribution in [1.29, 1.82) is 0 Å². The summed E-state index contributed by atoms with van der Waals surface area (Å²) >= 11 is 1.57. The van der Waals surface area contributed by atoms with Gasteiger partial charge in [0.1, 0.15) is 29.6 Å². The van der Waals surface area contributed by atoms with Crippen LogP contribution >= 0.6 is 11.3 Å². The maximum absolute atomic E-state index is 15.6. The fourth-order valence-corrected chi connectivity index (χ4v) is 12.3. The molecule has 2 aliphatic rings. The average Bonchev–Trinajstić information content (AvgIpc) is 4.32. The van der Waals surface area contributed by atoms with Crippen molar-refractivity contribution in [3.63, 3.8) is 0 Å². The van der Waals surface area contributed by atoms with E-state index in [2.05, 4.69) is 30.9 Å². The molecule has 17 nitrogen and oxygen atoms in total. The number of hydrogen-bond acceptors (Lipinski definition) is 13. The Hall–Kier alpha value is -6.39. The molecule has 8 rings (SSSR count). The lowest BCUT2D eigenvalue weighted by Crippen LogP contribution is -2.57. The number of halogens is 2. The highest BCUT2D eigenvalue weighted by atomic mass is 32.2. The lowest BCUT2D eigenvalue weighted by molar-refractivity contribution is -0.144. The molecule has 4 aromatic heterocycles. The first-order valence-corrected chi connectivity index (χ1v) is 29.6. The maximum Gasteiger partial charge on any atom is 0.274 e.